The first-order valence-corrected chi connectivity index (χ1v) is 6.89. The van der Waals surface area contributed by atoms with Crippen molar-refractivity contribution in [2.75, 3.05) is 5.32 Å². The van der Waals surface area contributed by atoms with Crippen LogP contribution >= 0.6 is 15.9 Å². The van der Waals surface area contributed by atoms with E-state index in [1.165, 1.54) is 0 Å². The van der Waals surface area contributed by atoms with E-state index in [1.807, 2.05) is 31.3 Å². The van der Waals surface area contributed by atoms with Crippen LogP contribution in [0.15, 0.2) is 46.2 Å². The maximum absolute atomic E-state index is 9.07. The summed E-state index contributed by atoms with van der Waals surface area (Å²) >= 11 is 3.44. The largest absolute Gasteiger partial charge is 0.345 e. The van der Waals surface area contributed by atoms with Gasteiger partial charge in [-0.25, -0.2) is 0 Å². The second-order valence-corrected chi connectivity index (χ2v) is 5.11. The molecule has 1 aromatic carbocycles. The average Bonchev–Trinajstić information content (AvgIpc) is 2.86. The van der Waals surface area contributed by atoms with Gasteiger partial charge in [-0.2, -0.15) is 20.9 Å². The Balaban J connectivity index is 2.43. The van der Waals surface area contributed by atoms with Gasteiger partial charge in [0, 0.05) is 18.3 Å². The zero-order valence-electron chi connectivity index (χ0n) is 11.5. The van der Waals surface area contributed by atoms with Crippen molar-refractivity contribution in [2.45, 2.75) is 0 Å². The number of hydrogen-bond acceptors (Lipinski definition) is 5. The number of anilines is 1. The van der Waals surface area contributed by atoms with Crippen molar-refractivity contribution in [2.24, 2.45) is 7.05 Å². The number of hydrogen-bond donors (Lipinski definition) is 1. The van der Waals surface area contributed by atoms with Crippen LogP contribution in [0.4, 0.5) is 5.69 Å². The first kappa shape index (κ1) is 15.3. The normalized spacial score (nSPS) is 9.23. The molecular formula is C15H9BrN6. The molecule has 0 saturated heterocycles. The lowest BCUT2D eigenvalue weighted by Gasteiger charge is -2.08. The molecule has 0 amide bonds. The molecule has 22 heavy (non-hydrogen) atoms. The third-order valence-corrected chi connectivity index (χ3v) is 3.47. The molecule has 0 unspecified atom stereocenters. The number of aromatic nitrogens is 2. The number of aryl methyl sites for hydroxylation is 1. The Labute approximate surface area is 135 Å². The zero-order chi connectivity index (χ0) is 16.1. The molecular weight excluding hydrogens is 344 g/mol. The first-order chi connectivity index (χ1) is 10.6. The van der Waals surface area contributed by atoms with Gasteiger partial charge in [0.1, 0.15) is 23.9 Å². The molecule has 0 saturated carbocycles. The van der Waals surface area contributed by atoms with Crippen LogP contribution in [0.2, 0.25) is 0 Å². The van der Waals surface area contributed by atoms with E-state index in [1.54, 1.807) is 29.1 Å². The van der Waals surface area contributed by atoms with Gasteiger partial charge >= 0.3 is 0 Å². The SMILES string of the molecule is Cn1ncc(Br)c1-c1cccc(NC(C#N)=C(C#N)C#N)c1. The molecule has 2 aromatic rings. The van der Waals surface area contributed by atoms with Crippen LogP contribution in [0.5, 0.6) is 0 Å². The van der Waals surface area contributed by atoms with E-state index in [9.17, 15) is 0 Å². The van der Waals surface area contributed by atoms with E-state index >= 15 is 0 Å². The third kappa shape index (κ3) is 2.98. The fourth-order valence-corrected chi connectivity index (χ4v) is 2.48. The smallest absolute Gasteiger partial charge is 0.163 e. The molecule has 0 aliphatic carbocycles. The monoisotopic (exact) mass is 352 g/mol. The number of nitrogens with zero attached hydrogens (tertiary/aromatic N) is 5. The van der Waals surface area contributed by atoms with Crippen molar-refractivity contribution in [3.05, 3.63) is 46.2 Å². The summed E-state index contributed by atoms with van der Waals surface area (Å²) in [4.78, 5) is 0. The summed E-state index contributed by atoms with van der Waals surface area (Å²) in [5.41, 5.74) is 2.03. The van der Waals surface area contributed by atoms with Gasteiger partial charge in [-0.05, 0) is 28.1 Å². The zero-order valence-corrected chi connectivity index (χ0v) is 13.1. The molecule has 1 aromatic heterocycles. The highest BCUT2D eigenvalue weighted by molar-refractivity contribution is 9.10. The summed E-state index contributed by atoms with van der Waals surface area (Å²) in [6, 6.07) is 12.5. The standard InChI is InChI=1S/C15H9BrN6/c1-22-15(13(16)9-20-22)10-3-2-4-12(5-10)21-14(8-19)11(6-17)7-18/h2-5,9,21H,1H3. The molecule has 7 heteroatoms. The van der Waals surface area contributed by atoms with Crippen molar-refractivity contribution in [1.82, 2.24) is 9.78 Å². The van der Waals surface area contributed by atoms with Crippen LogP contribution < -0.4 is 5.32 Å². The van der Waals surface area contributed by atoms with Gasteiger partial charge in [-0.3, -0.25) is 4.68 Å². The Morgan fingerprint density at radius 1 is 1.23 bits per heavy atom. The highest BCUT2D eigenvalue weighted by Gasteiger charge is 2.11. The molecule has 0 aliphatic rings. The quantitative estimate of drug-likeness (QED) is 0.855. The van der Waals surface area contributed by atoms with Gasteiger partial charge in [0.2, 0.25) is 0 Å². The van der Waals surface area contributed by atoms with Crippen molar-refractivity contribution in [3.63, 3.8) is 0 Å². The van der Waals surface area contributed by atoms with E-state index < -0.39 is 0 Å². The van der Waals surface area contributed by atoms with Gasteiger partial charge in [0.15, 0.2) is 5.57 Å². The van der Waals surface area contributed by atoms with E-state index in [2.05, 4.69) is 26.3 Å². The molecule has 0 spiro atoms. The van der Waals surface area contributed by atoms with Crippen LogP contribution in [0.1, 0.15) is 0 Å². The van der Waals surface area contributed by atoms with Gasteiger partial charge in [-0.1, -0.05) is 12.1 Å². The summed E-state index contributed by atoms with van der Waals surface area (Å²) in [5.74, 6) is 0. The van der Waals surface area contributed by atoms with Crippen LogP contribution in [-0.4, -0.2) is 9.78 Å². The summed E-state index contributed by atoms with van der Waals surface area (Å²) in [7, 11) is 1.82. The van der Waals surface area contributed by atoms with Crippen LogP contribution in [-0.2, 0) is 7.05 Å². The van der Waals surface area contributed by atoms with Crippen molar-refractivity contribution < 1.29 is 0 Å². The Morgan fingerprint density at radius 3 is 2.50 bits per heavy atom. The number of nitriles is 3. The molecule has 1 N–H and O–H groups in total. The highest BCUT2D eigenvalue weighted by atomic mass is 79.9. The molecule has 2 rings (SSSR count). The van der Waals surface area contributed by atoms with Crippen LogP contribution in [0, 0.1) is 34.0 Å². The number of allylic oxidation sites excluding steroid dienone is 2. The molecule has 106 valence electrons. The third-order valence-electron chi connectivity index (χ3n) is 2.88. The second kappa shape index (κ2) is 6.58. The minimum Gasteiger partial charge on any atom is -0.345 e. The molecule has 0 fully saturated rings. The van der Waals surface area contributed by atoms with E-state index in [4.69, 9.17) is 15.8 Å². The number of rotatable bonds is 3. The Kier molecular flexibility index (Phi) is 4.58. The lowest BCUT2D eigenvalue weighted by molar-refractivity contribution is 0.776. The molecule has 0 bridgehead atoms. The predicted molar refractivity (Wildman–Crippen MR) is 83.8 cm³/mol. The maximum atomic E-state index is 9.07. The van der Waals surface area contributed by atoms with E-state index in [0.29, 0.717) is 5.69 Å². The van der Waals surface area contributed by atoms with Gasteiger partial charge in [0.05, 0.1) is 16.4 Å². The predicted octanol–water partition coefficient (Wildman–Crippen LogP) is 3.09. The number of nitrogens with one attached hydrogen (secondary N) is 1. The van der Waals surface area contributed by atoms with Crippen molar-refractivity contribution >= 4 is 21.6 Å². The lowest BCUT2D eigenvalue weighted by Crippen LogP contribution is -2.01. The van der Waals surface area contributed by atoms with E-state index in [0.717, 1.165) is 15.7 Å². The molecule has 0 radical (unpaired) electrons. The van der Waals surface area contributed by atoms with Crippen LogP contribution in [0.25, 0.3) is 11.3 Å². The molecule has 0 aliphatic heterocycles. The van der Waals surface area contributed by atoms with Crippen molar-refractivity contribution in [1.29, 1.82) is 15.8 Å². The minimum atomic E-state index is -0.255. The maximum Gasteiger partial charge on any atom is 0.163 e. The van der Waals surface area contributed by atoms with Crippen LogP contribution in [0.3, 0.4) is 0 Å². The first-order valence-electron chi connectivity index (χ1n) is 6.10. The molecule has 6 nitrogen and oxygen atoms in total. The summed E-state index contributed by atoms with van der Waals surface area (Å²) in [6.07, 6.45) is 1.69. The highest BCUT2D eigenvalue weighted by Crippen LogP contribution is 2.29. The Bertz CT molecular complexity index is 837. The molecule has 0 atom stereocenters. The number of benzene rings is 1. The molecule has 1 heterocycles. The van der Waals surface area contributed by atoms with Gasteiger partial charge in [-0.15, -0.1) is 0 Å². The Hall–Kier alpha value is -3.08. The summed E-state index contributed by atoms with van der Waals surface area (Å²) in [5, 5.41) is 33.7. The lowest BCUT2D eigenvalue weighted by atomic mass is 10.1. The second-order valence-electron chi connectivity index (χ2n) is 4.26. The van der Waals surface area contributed by atoms with E-state index in [-0.39, 0.29) is 11.3 Å². The van der Waals surface area contributed by atoms with Gasteiger partial charge < -0.3 is 5.32 Å². The summed E-state index contributed by atoms with van der Waals surface area (Å²) in [6.45, 7) is 0. The topological polar surface area (TPSA) is 101 Å². The fourth-order valence-electron chi connectivity index (χ4n) is 1.91. The average molecular weight is 353 g/mol. The summed E-state index contributed by atoms with van der Waals surface area (Å²) < 4.78 is 2.57. The minimum absolute atomic E-state index is 0.0776. The number of halogens is 1. The Morgan fingerprint density at radius 2 is 1.95 bits per heavy atom. The van der Waals surface area contributed by atoms with Crippen molar-refractivity contribution in [3.8, 4) is 29.5 Å². The van der Waals surface area contributed by atoms with Gasteiger partial charge in [0.25, 0.3) is 0 Å². The fraction of sp³-hybridized carbons (Fsp3) is 0.0667.